The molecule has 26 heavy (non-hydrogen) atoms. The molecule has 0 amide bonds. The third kappa shape index (κ3) is 5.36. The van der Waals surface area contributed by atoms with Crippen LogP contribution >= 0.6 is 22.6 Å². The highest BCUT2D eigenvalue weighted by atomic mass is 127. The van der Waals surface area contributed by atoms with E-state index in [2.05, 4.69) is 5.73 Å². The van der Waals surface area contributed by atoms with Gasteiger partial charge in [0.25, 0.3) is 0 Å². The van der Waals surface area contributed by atoms with Gasteiger partial charge in [0.2, 0.25) is 0 Å². The van der Waals surface area contributed by atoms with Gasteiger partial charge in [0.1, 0.15) is 11.9 Å². The summed E-state index contributed by atoms with van der Waals surface area (Å²) in [6.45, 7) is -0.255. The molecule has 1 heterocycles. The van der Waals surface area contributed by atoms with Crippen molar-refractivity contribution in [2.45, 2.75) is 25.0 Å². The van der Waals surface area contributed by atoms with E-state index in [0.29, 0.717) is 26.2 Å². The molecule has 0 bridgehead atoms. The fourth-order valence-electron chi connectivity index (χ4n) is 2.38. The molecule has 2 aromatic rings. The number of ether oxygens (including phenoxy) is 1. The van der Waals surface area contributed by atoms with Crippen LogP contribution in [0, 0.1) is 3.57 Å². The molecule has 1 aromatic carbocycles. The number of methoxy groups -OCH3 is 1. The first-order valence-electron chi connectivity index (χ1n) is 7.96. The first-order chi connectivity index (χ1) is 12.5. The van der Waals surface area contributed by atoms with Crippen molar-refractivity contribution in [1.82, 2.24) is 0 Å². The van der Waals surface area contributed by atoms with Crippen molar-refractivity contribution >= 4 is 22.6 Å². The molecule has 0 aliphatic heterocycles. The number of benzene rings is 1. The topological polar surface area (TPSA) is 103 Å². The van der Waals surface area contributed by atoms with Gasteiger partial charge in [-0.3, -0.25) is 0 Å². The predicted molar refractivity (Wildman–Crippen MR) is 104 cm³/mol. The highest BCUT2D eigenvalue weighted by Gasteiger charge is 2.14. The fraction of sp³-hybridized carbons (Fsp3) is 0.316. The summed E-state index contributed by atoms with van der Waals surface area (Å²) in [5.41, 5.74) is 4.01. The lowest BCUT2D eigenvalue weighted by Gasteiger charge is -2.12. The normalized spacial score (nSPS) is 13.0. The Kier molecular flexibility index (Phi) is 7.74. The molecule has 4 N–H and O–H groups in total. The SMILES string of the molecule is COc1cc([C@H](O)CC=C=C(CO)C[C@@H](O)c2ccco2)cc(I)c1O. The van der Waals surface area contributed by atoms with Crippen molar-refractivity contribution in [2.24, 2.45) is 0 Å². The van der Waals surface area contributed by atoms with Gasteiger partial charge in [0.05, 0.1) is 29.7 Å². The lowest BCUT2D eigenvalue weighted by molar-refractivity contribution is 0.145. The Balaban J connectivity index is 2.07. The number of aromatic hydroxyl groups is 1. The Morgan fingerprint density at radius 2 is 2.12 bits per heavy atom. The van der Waals surface area contributed by atoms with Crippen molar-refractivity contribution in [3.05, 3.63) is 62.8 Å². The maximum atomic E-state index is 10.3. The molecule has 2 rings (SSSR count). The number of hydrogen-bond donors (Lipinski definition) is 4. The van der Waals surface area contributed by atoms with Crippen LogP contribution < -0.4 is 4.74 Å². The molecule has 2 atom stereocenters. The van der Waals surface area contributed by atoms with E-state index in [9.17, 15) is 20.4 Å². The first-order valence-corrected chi connectivity index (χ1v) is 9.03. The van der Waals surface area contributed by atoms with E-state index in [0.717, 1.165) is 0 Å². The third-order valence-electron chi connectivity index (χ3n) is 3.80. The molecule has 0 fully saturated rings. The van der Waals surface area contributed by atoms with E-state index in [1.807, 2.05) is 22.6 Å². The Bertz CT molecular complexity index is 778. The Morgan fingerprint density at radius 1 is 1.35 bits per heavy atom. The van der Waals surface area contributed by atoms with Crippen LogP contribution in [0.15, 0.2) is 52.3 Å². The summed E-state index contributed by atoms with van der Waals surface area (Å²) >= 11 is 1.96. The predicted octanol–water partition coefficient (Wildman–Crippen LogP) is 3.22. The van der Waals surface area contributed by atoms with Gasteiger partial charge in [-0.05, 0) is 64.1 Å². The minimum Gasteiger partial charge on any atom is -0.504 e. The van der Waals surface area contributed by atoms with Gasteiger partial charge in [0.15, 0.2) is 11.5 Å². The highest BCUT2D eigenvalue weighted by molar-refractivity contribution is 14.1. The summed E-state index contributed by atoms with van der Waals surface area (Å²) in [5, 5.41) is 39.6. The van der Waals surface area contributed by atoms with E-state index >= 15 is 0 Å². The van der Waals surface area contributed by atoms with Gasteiger partial charge in [0, 0.05) is 12.8 Å². The average Bonchev–Trinajstić information content (AvgIpc) is 3.17. The standard InChI is InChI=1S/C19H21IO6/c1-25-18-10-13(9-14(20)19(18)24)15(22)5-2-4-12(11-21)8-16(23)17-6-3-7-26-17/h2-3,6-7,9-10,15-16,21-24H,5,8,11H2,1H3/t4?,15-,16-/m1/s1. The van der Waals surface area contributed by atoms with Crippen molar-refractivity contribution in [1.29, 1.82) is 0 Å². The van der Waals surface area contributed by atoms with Crippen LogP contribution in [0.1, 0.15) is 36.4 Å². The monoisotopic (exact) mass is 472 g/mol. The molecule has 7 heteroatoms. The molecule has 0 unspecified atom stereocenters. The van der Waals surface area contributed by atoms with Gasteiger partial charge < -0.3 is 29.6 Å². The Morgan fingerprint density at radius 3 is 2.73 bits per heavy atom. The van der Waals surface area contributed by atoms with Gasteiger partial charge in [-0.25, -0.2) is 0 Å². The number of furan rings is 1. The number of halogens is 1. The summed E-state index contributed by atoms with van der Waals surface area (Å²) in [4.78, 5) is 0. The number of aliphatic hydroxyl groups excluding tert-OH is 3. The van der Waals surface area contributed by atoms with Crippen LogP contribution in [0.4, 0.5) is 0 Å². The van der Waals surface area contributed by atoms with E-state index < -0.39 is 12.2 Å². The van der Waals surface area contributed by atoms with Gasteiger partial charge in [-0.15, -0.1) is 5.73 Å². The quantitative estimate of drug-likeness (QED) is 0.348. The number of aliphatic hydroxyl groups is 3. The third-order valence-corrected chi connectivity index (χ3v) is 4.63. The second-order valence-electron chi connectivity index (χ2n) is 5.65. The van der Waals surface area contributed by atoms with E-state index in [1.165, 1.54) is 13.4 Å². The summed E-state index contributed by atoms with van der Waals surface area (Å²) in [5.74, 6) is 0.751. The van der Waals surface area contributed by atoms with E-state index in [1.54, 1.807) is 30.3 Å². The molecule has 140 valence electrons. The van der Waals surface area contributed by atoms with Crippen LogP contribution in [0.5, 0.6) is 11.5 Å². The molecule has 0 saturated heterocycles. The fourth-order valence-corrected chi connectivity index (χ4v) is 3.00. The number of hydrogen-bond acceptors (Lipinski definition) is 6. The van der Waals surface area contributed by atoms with Crippen LogP contribution in [0.2, 0.25) is 0 Å². The first kappa shape index (κ1) is 20.5. The zero-order valence-corrected chi connectivity index (χ0v) is 16.4. The largest absolute Gasteiger partial charge is 0.504 e. The summed E-state index contributed by atoms with van der Waals surface area (Å²) in [6.07, 6.45) is 1.84. The Hall–Kier alpha value is -1.77. The van der Waals surface area contributed by atoms with Crippen molar-refractivity contribution in [3.8, 4) is 11.5 Å². The van der Waals surface area contributed by atoms with Crippen molar-refractivity contribution in [3.63, 3.8) is 0 Å². The second-order valence-corrected chi connectivity index (χ2v) is 6.81. The summed E-state index contributed by atoms with van der Waals surface area (Å²) in [7, 11) is 1.45. The van der Waals surface area contributed by atoms with Crippen LogP contribution in [-0.2, 0) is 0 Å². The molecule has 1 aromatic heterocycles. The zero-order valence-electron chi connectivity index (χ0n) is 14.2. The number of phenols is 1. The van der Waals surface area contributed by atoms with Gasteiger partial charge in [-0.1, -0.05) is 0 Å². The molecule has 6 nitrogen and oxygen atoms in total. The van der Waals surface area contributed by atoms with Crippen molar-refractivity contribution in [2.75, 3.05) is 13.7 Å². The smallest absolute Gasteiger partial charge is 0.171 e. The van der Waals surface area contributed by atoms with Crippen LogP contribution in [0.25, 0.3) is 0 Å². The minimum atomic E-state index is -0.860. The summed E-state index contributed by atoms with van der Waals surface area (Å²) < 4.78 is 10.8. The average molecular weight is 472 g/mol. The Labute approximate surface area is 165 Å². The van der Waals surface area contributed by atoms with E-state index in [-0.39, 0.29) is 25.2 Å². The van der Waals surface area contributed by atoms with Crippen LogP contribution in [0.3, 0.4) is 0 Å². The molecule has 0 aliphatic carbocycles. The molecule has 0 spiro atoms. The lowest BCUT2D eigenvalue weighted by Crippen LogP contribution is -2.00. The number of rotatable bonds is 8. The zero-order chi connectivity index (χ0) is 19.1. The molecular formula is C19H21IO6. The molecular weight excluding hydrogens is 451 g/mol. The second kappa shape index (κ2) is 9.80. The molecule has 0 aliphatic rings. The maximum absolute atomic E-state index is 10.3. The minimum absolute atomic E-state index is 0.0361. The van der Waals surface area contributed by atoms with Crippen molar-refractivity contribution < 1.29 is 29.6 Å². The summed E-state index contributed by atoms with van der Waals surface area (Å²) in [6, 6.07) is 6.59. The van der Waals surface area contributed by atoms with Gasteiger partial charge >= 0.3 is 0 Å². The lowest BCUT2D eigenvalue weighted by atomic mass is 10.0. The van der Waals surface area contributed by atoms with Gasteiger partial charge in [-0.2, -0.15) is 0 Å². The maximum Gasteiger partial charge on any atom is 0.171 e. The van der Waals surface area contributed by atoms with E-state index in [4.69, 9.17) is 9.15 Å². The molecule has 0 radical (unpaired) electrons. The highest BCUT2D eigenvalue weighted by Crippen LogP contribution is 2.35. The number of phenolic OH excluding ortho intramolecular Hbond substituents is 1. The van der Waals surface area contributed by atoms with Crippen LogP contribution in [-0.4, -0.2) is 34.1 Å². The molecule has 0 saturated carbocycles.